The van der Waals surface area contributed by atoms with Crippen molar-refractivity contribution in [2.24, 2.45) is 0 Å². The quantitative estimate of drug-likeness (QED) is 0.417. The highest BCUT2D eigenvalue weighted by molar-refractivity contribution is 7.79. The Balaban J connectivity index is 3.79. The zero-order valence-electron chi connectivity index (χ0n) is 5.05. The van der Waals surface area contributed by atoms with E-state index in [-0.39, 0.29) is 5.57 Å². The molecule has 0 aliphatic carbocycles. The summed E-state index contributed by atoms with van der Waals surface area (Å²) in [5.74, 6) is -0.877. The molecule has 0 amide bonds. The average Bonchev–Trinajstić information content (AvgIpc) is 1.63. The van der Waals surface area contributed by atoms with Crippen molar-refractivity contribution in [2.75, 3.05) is 5.75 Å². The highest BCUT2D eigenvalue weighted by atomic mass is 32.2. The first-order valence-electron chi connectivity index (χ1n) is 2.28. The molecule has 0 saturated heterocycles. The highest BCUT2D eigenvalue weighted by Crippen LogP contribution is 1.90. The van der Waals surface area contributed by atoms with E-state index < -0.39 is 22.6 Å². The summed E-state index contributed by atoms with van der Waals surface area (Å²) in [6, 6.07) is 0. The topological polar surface area (TPSA) is 57.2 Å². The molecule has 0 bridgehead atoms. The summed E-state index contributed by atoms with van der Waals surface area (Å²) in [6.45, 7) is 4.77. The van der Waals surface area contributed by atoms with Crippen LogP contribution >= 0.6 is 0 Å². The third-order valence-corrected chi connectivity index (χ3v) is 1.22. The fourth-order valence-electron chi connectivity index (χ4n) is 0.230. The number of hydrogen-bond acceptors (Lipinski definition) is 3. The molecule has 0 heterocycles. The van der Waals surface area contributed by atoms with Gasteiger partial charge in [0.1, 0.15) is 0 Å². The van der Waals surface area contributed by atoms with Crippen molar-refractivity contribution in [3.05, 3.63) is 12.2 Å². The Morgan fingerprint density at radius 2 is 2.22 bits per heavy atom. The first-order chi connectivity index (χ1) is 4.04. The van der Waals surface area contributed by atoms with Crippen LogP contribution in [0.3, 0.4) is 0 Å². The molecule has 0 fully saturated rings. The van der Waals surface area contributed by atoms with Crippen molar-refractivity contribution in [1.82, 2.24) is 0 Å². The van der Waals surface area contributed by atoms with Gasteiger partial charge in [0, 0.05) is 0 Å². The van der Waals surface area contributed by atoms with Gasteiger partial charge in [-0.25, -0.2) is 0 Å². The number of carbonyl (C=O) groups is 1. The minimum absolute atomic E-state index is 0.277. The molecular formula is C5H7O3S-. The van der Waals surface area contributed by atoms with Gasteiger partial charge in [0.05, 0.1) is 5.75 Å². The lowest BCUT2D eigenvalue weighted by Gasteiger charge is -2.01. The second-order valence-electron chi connectivity index (χ2n) is 1.65. The van der Waals surface area contributed by atoms with Crippen LogP contribution in [0.5, 0.6) is 0 Å². The predicted octanol–water partition coefficient (Wildman–Crippen LogP) is 0.0107. The van der Waals surface area contributed by atoms with Gasteiger partial charge >= 0.3 is 0 Å². The third kappa shape index (κ3) is 4.05. The number of ketones is 1. The monoisotopic (exact) mass is 147 g/mol. The fourth-order valence-corrected chi connectivity index (χ4v) is 0.691. The number of Topliss-reactive ketones (excluding diaryl/α,β-unsaturated/α-hetero) is 1. The number of rotatable bonds is 3. The smallest absolute Gasteiger partial charge is 0.169 e. The Labute approximate surface area is 56.0 Å². The van der Waals surface area contributed by atoms with Gasteiger partial charge in [-0.05, 0) is 23.6 Å². The molecule has 0 aromatic carbocycles. The Kier molecular flexibility index (Phi) is 3.34. The highest BCUT2D eigenvalue weighted by Gasteiger charge is 1.99. The minimum Gasteiger partial charge on any atom is -0.772 e. The van der Waals surface area contributed by atoms with Gasteiger partial charge in [0.2, 0.25) is 0 Å². The molecular weight excluding hydrogens is 140 g/mol. The van der Waals surface area contributed by atoms with Gasteiger partial charge in [0.25, 0.3) is 0 Å². The fraction of sp³-hybridized carbons (Fsp3) is 0.400. The van der Waals surface area contributed by atoms with Crippen molar-refractivity contribution >= 4 is 16.9 Å². The summed E-state index contributed by atoms with van der Waals surface area (Å²) in [7, 11) is 0. The summed E-state index contributed by atoms with van der Waals surface area (Å²) in [5, 5.41) is 0. The van der Waals surface area contributed by atoms with Crippen LogP contribution < -0.4 is 0 Å². The normalized spacial score (nSPS) is 12.7. The number of carbonyl (C=O) groups excluding carboxylic acids is 1. The number of allylic oxidation sites excluding steroid dienone is 1. The average molecular weight is 147 g/mol. The zero-order valence-corrected chi connectivity index (χ0v) is 5.86. The summed E-state index contributed by atoms with van der Waals surface area (Å²) < 4.78 is 19.7. The molecule has 0 aromatic rings. The van der Waals surface area contributed by atoms with Gasteiger partial charge in [-0.15, -0.1) is 0 Å². The summed E-state index contributed by atoms with van der Waals surface area (Å²) in [6.07, 6.45) is 0. The second-order valence-corrected chi connectivity index (χ2v) is 2.55. The lowest BCUT2D eigenvalue weighted by Crippen LogP contribution is -2.09. The molecule has 0 N–H and O–H groups in total. The second kappa shape index (κ2) is 3.53. The van der Waals surface area contributed by atoms with Gasteiger partial charge < -0.3 is 4.55 Å². The van der Waals surface area contributed by atoms with Crippen molar-refractivity contribution < 1.29 is 13.6 Å². The maximum absolute atomic E-state index is 10.5. The molecule has 0 saturated carbocycles. The van der Waals surface area contributed by atoms with Gasteiger partial charge in [-0.1, -0.05) is 6.58 Å². The molecule has 0 radical (unpaired) electrons. The van der Waals surface area contributed by atoms with Gasteiger partial charge in [0.15, 0.2) is 5.78 Å². The van der Waals surface area contributed by atoms with E-state index in [0.717, 1.165) is 0 Å². The van der Waals surface area contributed by atoms with Gasteiger partial charge in [-0.3, -0.25) is 9.00 Å². The maximum atomic E-state index is 10.5. The van der Waals surface area contributed by atoms with Gasteiger partial charge in [-0.2, -0.15) is 0 Å². The molecule has 1 unspecified atom stereocenters. The van der Waals surface area contributed by atoms with E-state index in [0.29, 0.717) is 0 Å². The van der Waals surface area contributed by atoms with Crippen molar-refractivity contribution in [3.63, 3.8) is 0 Å². The minimum atomic E-state index is -2.28. The molecule has 0 aromatic heterocycles. The van der Waals surface area contributed by atoms with Crippen LogP contribution in [-0.4, -0.2) is 20.3 Å². The van der Waals surface area contributed by atoms with Crippen LogP contribution in [0.15, 0.2) is 12.2 Å². The summed E-state index contributed by atoms with van der Waals surface area (Å²) in [5.41, 5.74) is 0.277. The van der Waals surface area contributed by atoms with Crippen LogP contribution in [-0.2, 0) is 15.9 Å². The molecule has 0 aliphatic heterocycles. The van der Waals surface area contributed by atoms with E-state index in [1.54, 1.807) is 0 Å². The van der Waals surface area contributed by atoms with Crippen LogP contribution in [0.2, 0.25) is 0 Å². The zero-order chi connectivity index (χ0) is 7.44. The molecule has 0 aliphatic rings. The van der Waals surface area contributed by atoms with E-state index in [1.165, 1.54) is 6.92 Å². The Bertz CT molecular complexity index is 162. The SMILES string of the molecule is C=C(C)C(=O)CS(=O)[O-]. The van der Waals surface area contributed by atoms with Crippen LogP contribution in [0, 0.1) is 0 Å². The molecule has 0 spiro atoms. The van der Waals surface area contributed by atoms with E-state index >= 15 is 0 Å². The van der Waals surface area contributed by atoms with Crippen LogP contribution in [0.25, 0.3) is 0 Å². The van der Waals surface area contributed by atoms with Crippen molar-refractivity contribution in [3.8, 4) is 0 Å². The van der Waals surface area contributed by atoms with Crippen molar-refractivity contribution in [1.29, 1.82) is 0 Å². The maximum Gasteiger partial charge on any atom is 0.169 e. The van der Waals surface area contributed by atoms with E-state index in [9.17, 15) is 13.6 Å². The first kappa shape index (κ1) is 8.52. The molecule has 4 heteroatoms. The standard InChI is InChI=1S/C5H8O3S/c1-4(2)5(6)3-9(7)8/h1,3H2,2H3,(H,7,8)/p-1. The molecule has 3 nitrogen and oxygen atoms in total. The van der Waals surface area contributed by atoms with E-state index in [1.807, 2.05) is 0 Å². The van der Waals surface area contributed by atoms with E-state index in [4.69, 9.17) is 0 Å². The Hall–Kier alpha value is -0.480. The van der Waals surface area contributed by atoms with Crippen LogP contribution in [0.4, 0.5) is 0 Å². The largest absolute Gasteiger partial charge is 0.772 e. The molecule has 0 rings (SSSR count). The molecule has 52 valence electrons. The third-order valence-electron chi connectivity index (χ3n) is 0.725. The summed E-state index contributed by atoms with van der Waals surface area (Å²) in [4.78, 5) is 10.5. The predicted molar refractivity (Wildman–Crippen MR) is 33.6 cm³/mol. The molecule has 1 atom stereocenters. The van der Waals surface area contributed by atoms with Crippen molar-refractivity contribution in [2.45, 2.75) is 6.92 Å². The lowest BCUT2D eigenvalue weighted by atomic mass is 10.2. The Morgan fingerprint density at radius 1 is 1.78 bits per heavy atom. The van der Waals surface area contributed by atoms with E-state index in [2.05, 4.69) is 6.58 Å². The Morgan fingerprint density at radius 3 is 2.33 bits per heavy atom. The lowest BCUT2D eigenvalue weighted by molar-refractivity contribution is -0.113. The molecule has 9 heavy (non-hydrogen) atoms. The number of hydrogen-bond donors (Lipinski definition) is 0. The first-order valence-corrected chi connectivity index (χ1v) is 3.53. The summed E-state index contributed by atoms with van der Waals surface area (Å²) >= 11 is -2.28. The van der Waals surface area contributed by atoms with Crippen LogP contribution in [0.1, 0.15) is 6.92 Å².